The predicted molar refractivity (Wildman–Crippen MR) is 110 cm³/mol. The Hall–Kier alpha value is -1.85. The maximum atomic E-state index is 12.2. The monoisotopic (exact) mass is 400 g/mol. The molecule has 29 heavy (non-hydrogen) atoms. The first-order valence-electron chi connectivity index (χ1n) is 10.8. The van der Waals surface area contributed by atoms with Crippen LogP contribution in [0, 0.1) is 5.92 Å². The van der Waals surface area contributed by atoms with Gasteiger partial charge in [0.25, 0.3) is 0 Å². The average Bonchev–Trinajstić information content (AvgIpc) is 3.10. The Kier molecular flexibility index (Phi) is 5.71. The van der Waals surface area contributed by atoms with Gasteiger partial charge >= 0.3 is 5.97 Å². The van der Waals surface area contributed by atoms with E-state index in [1.54, 1.807) is 7.11 Å². The molecule has 4 rings (SSSR count). The summed E-state index contributed by atoms with van der Waals surface area (Å²) in [6.07, 6.45) is 3.56. The third-order valence-corrected chi connectivity index (χ3v) is 6.97. The van der Waals surface area contributed by atoms with Crippen LogP contribution in [0.25, 0.3) is 0 Å². The second-order valence-electron chi connectivity index (χ2n) is 8.66. The van der Waals surface area contributed by atoms with Gasteiger partial charge in [0.2, 0.25) is 0 Å². The van der Waals surface area contributed by atoms with Crippen LogP contribution in [-0.4, -0.2) is 39.7 Å². The molecule has 5 heteroatoms. The maximum Gasteiger partial charge on any atom is 0.334 e. The van der Waals surface area contributed by atoms with Crippen LogP contribution >= 0.6 is 0 Å². The third kappa shape index (κ3) is 3.28. The predicted octanol–water partition coefficient (Wildman–Crippen LogP) is 4.28. The fourth-order valence-corrected chi connectivity index (χ4v) is 5.61. The highest BCUT2D eigenvalue weighted by Gasteiger charge is 2.52. The molecule has 5 nitrogen and oxygen atoms in total. The van der Waals surface area contributed by atoms with Crippen molar-refractivity contribution in [3.05, 3.63) is 40.0 Å². The minimum atomic E-state index is -0.166. The first kappa shape index (κ1) is 20.4. The van der Waals surface area contributed by atoms with Crippen LogP contribution in [0.15, 0.2) is 23.3 Å². The quantitative estimate of drug-likeness (QED) is 0.389. The summed E-state index contributed by atoms with van der Waals surface area (Å²) >= 11 is 0. The lowest BCUT2D eigenvalue weighted by Crippen LogP contribution is -2.47. The van der Waals surface area contributed by atoms with E-state index in [1.807, 2.05) is 6.92 Å². The molecule has 158 valence electrons. The Morgan fingerprint density at radius 3 is 2.79 bits per heavy atom. The Balaban J connectivity index is 1.80. The molecule has 0 bridgehead atoms. The molecular formula is C24H32O5. The molecule has 0 unspecified atom stereocenters. The van der Waals surface area contributed by atoms with Crippen molar-refractivity contribution < 1.29 is 23.7 Å². The normalized spacial score (nSPS) is 25.6. The number of esters is 1. The third-order valence-electron chi connectivity index (χ3n) is 6.97. The molecule has 0 fully saturated rings. The molecular weight excluding hydrogens is 368 g/mol. The fraction of sp³-hybridized carbons (Fsp3) is 0.625. The minimum absolute atomic E-state index is 0.123. The summed E-state index contributed by atoms with van der Waals surface area (Å²) < 4.78 is 22.8. The standard InChI is InChI=1S/C24H32O5/c1-5-27-14-28-13-24-11-10-17-19(12-29-23(17)25)21(24)9-7-18-20(24)8-6-16(15(2)3)22(18)26-4/h6,8,15,21H,5,7,9-14H2,1-4H3/t21-,24-/m0/s1. The van der Waals surface area contributed by atoms with Crippen LogP contribution < -0.4 is 4.74 Å². The first-order valence-corrected chi connectivity index (χ1v) is 10.8. The summed E-state index contributed by atoms with van der Waals surface area (Å²) in [6, 6.07) is 4.50. The smallest absolute Gasteiger partial charge is 0.334 e. The van der Waals surface area contributed by atoms with E-state index < -0.39 is 0 Å². The van der Waals surface area contributed by atoms with Gasteiger partial charge in [-0.15, -0.1) is 0 Å². The Morgan fingerprint density at radius 2 is 2.07 bits per heavy atom. The number of rotatable bonds is 7. The van der Waals surface area contributed by atoms with Crippen LogP contribution in [0.1, 0.15) is 62.6 Å². The highest BCUT2D eigenvalue weighted by atomic mass is 16.7. The van der Waals surface area contributed by atoms with Gasteiger partial charge < -0.3 is 18.9 Å². The zero-order chi connectivity index (χ0) is 20.6. The number of cyclic esters (lactones) is 1. The molecule has 2 atom stereocenters. The lowest BCUT2D eigenvalue weighted by atomic mass is 9.56. The van der Waals surface area contributed by atoms with Crippen LogP contribution in [0.5, 0.6) is 5.75 Å². The van der Waals surface area contributed by atoms with Gasteiger partial charge in [-0.05, 0) is 66.7 Å². The van der Waals surface area contributed by atoms with E-state index in [1.165, 1.54) is 22.3 Å². The van der Waals surface area contributed by atoms with Crippen molar-refractivity contribution in [1.82, 2.24) is 0 Å². The second-order valence-corrected chi connectivity index (χ2v) is 8.66. The van der Waals surface area contributed by atoms with Crippen molar-refractivity contribution >= 4 is 5.97 Å². The topological polar surface area (TPSA) is 54.0 Å². The Morgan fingerprint density at radius 1 is 1.24 bits per heavy atom. The van der Waals surface area contributed by atoms with E-state index in [0.29, 0.717) is 32.5 Å². The second kappa shape index (κ2) is 8.11. The van der Waals surface area contributed by atoms with Crippen LogP contribution in [0.3, 0.4) is 0 Å². The molecule has 1 aromatic carbocycles. The number of benzene rings is 1. The van der Waals surface area contributed by atoms with Crippen LogP contribution in [-0.2, 0) is 30.8 Å². The van der Waals surface area contributed by atoms with E-state index in [0.717, 1.165) is 37.0 Å². The number of methoxy groups -OCH3 is 1. The zero-order valence-electron chi connectivity index (χ0n) is 18.0. The van der Waals surface area contributed by atoms with Crippen molar-refractivity contribution in [2.75, 3.05) is 33.7 Å². The van der Waals surface area contributed by atoms with Gasteiger partial charge in [-0.2, -0.15) is 0 Å². The van der Waals surface area contributed by atoms with E-state index in [-0.39, 0.29) is 17.3 Å². The van der Waals surface area contributed by atoms with Crippen LogP contribution in [0.4, 0.5) is 0 Å². The first-order chi connectivity index (χ1) is 14.0. The summed E-state index contributed by atoms with van der Waals surface area (Å²) in [5.41, 5.74) is 5.82. The molecule has 1 heterocycles. The molecule has 0 N–H and O–H groups in total. The molecule has 0 saturated carbocycles. The number of carbonyl (C=O) groups is 1. The largest absolute Gasteiger partial charge is 0.496 e. The molecule has 0 saturated heterocycles. The van der Waals surface area contributed by atoms with Crippen molar-refractivity contribution in [3.8, 4) is 5.75 Å². The lowest BCUT2D eigenvalue weighted by molar-refractivity contribution is -0.136. The van der Waals surface area contributed by atoms with Gasteiger partial charge in [-0.25, -0.2) is 4.79 Å². The highest BCUT2D eigenvalue weighted by Crippen LogP contribution is 2.55. The SMILES string of the molecule is CCOCOC[C@]12CCC3=C(COC3=O)[C@@H]1CCc1c2ccc(C(C)C)c1OC. The molecule has 0 aromatic heterocycles. The molecule has 0 amide bonds. The molecule has 0 radical (unpaired) electrons. The molecule has 3 aliphatic rings. The molecule has 1 aliphatic heterocycles. The van der Waals surface area contributed by atoms with E-state index in [4.69, 9.17) is 18.9 Å². The number of hydrogen-bond donors (Lipinski definition) is 0. The number of carbonyl (C=O) groups excluding carboxylic acids is 1. The van der Waals surface area contributed by atoms with Gasteiger partial charge in [0.05, 0.1) is 13.7 Å². The summed E-state index contributed by atoms with van der Waals surface area (Å²) in [6.45, 7) is 8.32. The van der Waals surface area contributed by atoms with Gasteiger partial charge in [-0.3, -0.25) is 0 Å². The van der Waals surface area contributed by atoms with Crippen molar-refractivity contribution in [3.63, 3.8) is 0 Å². The lowest BCUT2D eigenvalue weighted by Gasteiger charge is -2.49. The van der Waals surface area contributed by atoms with E-state index in [9.17, 15) is 4.79 Å². The summed E-state index contributed by atoms with van der Waals surface area (Å²) in [5, 5.41) is 0. The summed E-state index contributed by atoms with van der Waals surface area (Å²) in [5.74, 6) is 1.57. The summed E-state index contributed by atoms with van der Waals surface area (Å²) in [7, 11) is 1.77. The Labute approximate surface area is 173 Å². The molecule has 2 aliphatic carbocycles. The van der Waals surface area contributed by atoms with E-state index in [2.05, 4.69) is 26.0 Å². The zero-order valence-corrected chi connectivity index (χ0v) is 18.0. The van der Waals surface area contributed by atoms with E-state index >= 15 is 0 Å². The van der Waals surface area contributed by atoms with Crippen molar-refractivity contribution in [2.24, 2.45) is 5.92 Å². The van der Waals surface area contributed by atoms with Crippen LogP contribution in [0.2, 0.25) is 0 Å². The fourth-order valence-electron chi connectivity index (χ4n) is 5.61. The van der Waals surface area contributed by atoms with Crippen molar-refractivity contribution in [2.45, 2.75) is 57.8 Å². The maximum absolute atomic E-state index is 12.2. The summed E-state index contributed by atoms with van der Waals surface area (Å²) in [4.78, 5) is 12.2. The number of ether oxygens (including phenoxy) is 4. The minimum Gasteiger partial charge on any atom is -0.496 e. The van der Waals surface area contributed by atoms with Gasteiger partial charge in [0, 0.05) is 17.6 Å². The van der Waals surface area contributed by atoms with Gasteiger partial charge in [-0.1, -0.05) is 26.0 Å². The van der Waals surface area contributed by atoms with Gasteiger partial charge in [0.15, 0.2) is 0 Å². The van der Waals surface area contributed by atoms with Gasteiger partial charge in [0.1, 0.15) is 19.1 Å². The van der Waals surface area contributed by atoms with Crippen molar-refractivity contribution in [1.29, 1.82) is 0 Å². The molecule has 0 spiro atoms. The Bertz CT molecular complexity index is 825. The average molecular weight is 401 g/mol. The highest BCUT2D eigenvalue weighted by molar-refractivity contribution is 5.92. The number of fused-ring (bicyclic) bond motifs is 4. The number of hydrogen-bond acceptors (Lipinski definition) is 5. The molecule has 1 aromatic rings.